The van der Waals surface area contributed by atoms with Crippen LogP contribution < -0.4 is 0 Å². The van der Waals surface area contributed by atoms with Gasteiger partial charge in [0.2, 0.25) is 0 Å². The molecule has 1 unspecified atom stereocenters. The van der Waals surface area contributed by atoms with Crippen LogP contribution in [-0.4, -0.2) is 25.9 Å². The Morgan fingerprint density at radius 3 is 2.22 bits per heavy atom. The smallest absolute Gasteiger partial charge is 0.0575 e. The molecule has 0 radical (unpaired) electrons. The Morgan fingerprint density at radius 1 is 1.06 bits per heavy atom. The summed E-state index contributed by atoms with van der Waals surface area (Å²) < 4.78 is 11.3. The van der Waals surface area contributed by atoms with Gasteiger partial charge in [0.25, 0.3) is 0 Å². The fourth-order valence-electron chi connectivity index (χ4n) is 3.28. The third-order valence-corrected chi connectivity index (χ3v) is 4.72. The van der Waals surface area contributed by atoms with Crippen molar-refractivity contribution in [3.05, 3.63) is 0 Å². The highest BCUT2D eigenvalue weighted by atomic mass is 16.5. The third kappa shape index (κ3) is 4.24. The lowest BCUT2D eigenvalue weighted by atomic mass is 9.80. The zero-order valence-electron chi connectivity index (χ0n) is 12.4. The molecule has 0 N–H and O–H groups in total. The van der Waals surface area contributed by atoms with Gasteiger partial charge in [0.1, 0.15) is 0 Å². The Morgan fingerprint density at radius 2 is 1.72 bits per heavy atom. The average Bonchev–Trinajstić information content (AvgIpc) is 2.32. The molecule has 0 amide bonds. The lowest BCUT2D eigenvalue weighted by molar-refractivity contribution is -0.0551. The van der Waals surface area contributed by atoms with E-state index in [0.29, 0.717) is 12.0 Å². The highest BCUT2D eigenvalue weighted by molar-refractivity contribution is 4.75. The van der Waals surface area contributed by atoms with E-state index in [2.05, 4.69) is 20.8 Å². The first kappa shape index (κ1) is 14.3. The molecule has 2 fully saturated rings. The van der Waals surface area contributed by atoms with Gasteiger partial charge in [-0.25, -0.2) is 0 Å². The molecule has 0 spiro atoms. The molecule has 1 heterocycles. The molecule has 2 aliphatic rings. The second kappa shape index (κ2) is 6.91. The maximum atomic E-state index is 6.10. The van der Waals surface area contributed by atoms with Crippen molar-refractivity contribution in [3.8, 4) is 0 Å². The summed E-state index contributed by atoms with van der Waals surface area (Å²) in [6.07, 6.45) is 7.12. The van der Waals surface area contributed by atoms with Crippen molar-refractivity contribution in [1.82, 2.24) is 0 Å². The van der Waals surface area contributed by atoms with Crippen LogP contribution in [0.2, 0.25) is 0 Å². The highest BCUT2D eigenvalue weighted by Crippen LogP contribution is 2.31. The number of hydrogen-bond donors (Lipinski definition) is 0. The standard InChI is InChI=1S/C16H30O2/c1-12(2)15-4-6-16(7-5-15)18-9-13(3)8-14-10-17-11-14/h12-16H,4-11H2,1-3H3. The summed E-state index contributed by atoms with van der Waals surface area (Å²) in [6.45, 7) is 9.93. The van der Waals surface area contributed by atoms with Gasteiger partial charge >= 0.3 is 0 Å². The van der Waals surface area contributed by atoms with E-state index in [0.717, 1.165) is 37.6 Å². The van der Waals surface area contributed by atoms with Crippen LogP contribution in [0.25, 0.3) is 0 Å². The summed E-state index contributed by atoms with van der Waals surface area (Å²) in [7, 11) is 0. The van der Waals surface area contributed by atoms with Gasteiger partial charge in [-0.2, -0.15) is 0 Å². The maximum absolute atomic E-state index is 6.10. The Bertz CT molecular complexity index is 227. The van der Waals surface area contributed by atoms with Crippen LogP contribution in [0, 0.1) is 23.7 Å². The maximum Gasteiger partial charge on any atom is 0.0575 e. The minimum Gasteiger partial charge on any atom is -0.381 e. The van der Waals surface area contributed by atoms with Gasteiger partial charge in [-0.1, -0.05) is 20.8 Å². The lowest BCUT2D eigenvalue weighted by Gasteiger charge is -2.32. The molecule has 2 nitrogen and oxygen atoms in total. The van der Waals surface area contributed by atoms with Crippen LogP contribution in [0.15, 0.2) is 0 Å². The van der Waals surface area contributed by atoms with Gasteiger partial charge in [0, 0.05) is 12.5 Å². The summed E-state index contributed by atoms with van der Waals surface area (Å²) in [5.74, 6) is 3.29. The SMILES string of the molecule is CC(COC1CCC(C(C)C)CC1)CC1COC1. The second-order valence-corrected chi connectivity index (χ2v) is 6.86. The van der Waals surface area contributed by atoms with Gasteiger partial charge < -0.3 is 9.47 Å². The topological polar surface area (TPSA) is 18.5 Å². The Kier molecular flexibility index (Phi) is 5.50. The van der Waals surface area contributed by atoms with E-state index in [1.807, 2.05) is 0 Å². The molecule has 1 saturated heterocycles. The monoisotopic (exact) mass is 254 g/mol. The van der Waals surface area contributed by atoms with E-state index < -0.39 is 0 Å². The number of hydrogen-bond acceptors (Lipinski definition) is 2. The van der Waals surface area contributed by atoms with E-state index in [9.17, 15) is 0 Å². The molecule has 2 rings (SSSR count). The van der Waals surface area contributed by atoms with Crippen LogP contribution in [-0.2, 0) is 9.47 Å². The summed E-state index contributed by atoms with van der Waals surface area (Å²) in [6, 6.07) is 0. The quantitative estimate of drug-likeness (QED) is 0.716. The highest BCUT2D eigenvalue weighted by Gasteiger charge is 2.25. The van der Waals surface area contributed by atoms with Crippen molar-refractivity contribution in [2.45, 2.75) is 59.0 Å². The summed E-state index contributed by atoms with van der Waals surface area (Å²) in [4.78, 5) is 0. The largest absolute Gasteiger partial charge is 0.381 e. The Balaban J connectivity index is 1.56. The molecule has 0 aromatic heterocycles. The minimum atomic E-state index is 0.542. The van der Waals surface area contributed by atoms with E-state index in [1.165, 1.54) is 32.1 Å². The van der Waals surface area contributed by atoms with E-state index >= 15 is 0 Å². The number of rotatable bonds is 6. The molecule has 106 valence electrons. The first-order chi connectivity index (χ1) is 8.65. The molecule has 1 saturated carbocycles. The molecule has 1 aliphatic carbocycles. The van der Waals surface area contributed by atoms with Gasteiger partial charge in [0.05, 0.1) is 19.3 Å². The van der Waals surface area contributed by atoms with Gasteiger partial charge in [-0.05, 0) is 49.9 Å². The third-order valence-electron chi connectivity index (χ3n) is 4.72. The van der Waals surface area contributed by atoms with Gasteiger partial charge in [0.15, 0.2) is 0 Å². The zero-order chi connectivity index (χ0) is 13.0. The average molecular weight is 254 g/mol. The van der Waals surface area contributed by atoms with E-state index in [1.54, 1.807) is 0 Å². The predicted octanol–water partition coefficient (Wildman–Crippen LogP) is 3.89. The first-order valence-electron chi connectivity index (χ1n) is 7.84. The van der Waals surface area contributed by atoms with E-state index in [-0.39, 0.29) is 0 Å². The van der Waals surface area contributed by atoms with Gasteiger partial charge in [-0.15, -0.1) is 0 Å². The van der Waals surface area contributed by atoms with Crippen molar-refractivity contribution in [1.29, 1.82) is 0 Å². The molecule has 18 heavy (non-hydrogen) atoms. The molecule has 0 aromatic carbocycles. The van der Waals surface area contributed by atoms with Crippen molar-refractivity contribution < 1.29 is 9.47 Å². The van der Waals surface area contributed by atoms with Crippen LogP contribution in [0.1, 0.15) is 52.9 Å². The molecule has 1 atom stereocenters. The predicted molar refractivity (Wildman–Crippen MR) is 74.6 cm³/mol. The summed E-state index contributed by atoms with van der Waals surface area (Å²) in [5, 5.41) is 0. The van der Waals surface area contributed by atoms with Crippen molar-refractivity contribution in [2.24, 2.45) is 23.7 Å². The van der Waals surface area contributed by atoms with Crippen LogP contribution in [0.5, 0.6) is 0 Å². The van der Waals surface area contributed by atoms with Crippen LogP contribution >= 0.6 is 0 Å². The Hall–Kier alpha value is -0.0800. The fourth-order valence-corrected chi connectivity index (χ4v) is 3.28. The van der Waals surface area contributed by atoms with E-state index in [4.69, 9.17) is 9.47 Å². The molecule has 0 aromatic rings. The molecular formula is C16H30O2. The van der Waals surface area contributed by atoms with Crippen molar-refractivity contribution >= 4 is 0 Å². The lowest BCUT2D eigenvalue weighted by Crippen LogP contribution is -2.31. The zero-order valence-corrected chi connectivity index (χ0v) is 12.4. The van der Waals surface area contributed by atoms with Gasteiger partial charge in [-0.3, -0.25) is 0 Å². The van der Waals surface area contributed by atoms with Crippen molar-refractivity contribution in [2.75, 3.05) is 19.8 Å². The normalized spacial score (nSPS) is 31.3. The number of ether oxygens (including phenoxy) is 2. The molecule has 2 heteroatoms. The fraction of sp³-hybridized carbons (Fsp3) is 1.00. The minimum absolute atomic E-state index is 0.542. The first-order valence-corrected chi connectivity index (χ1v) is 7.84. The molecular weight excluding hydrogens is 224 g/mol. The Labute approximate surface area is 112 Å². The van der Waals surface area contributed by atoms with Crippen molar-refractivity contribution in [3.63, 3.8) is 0 Å². The van der Waals surface area contributed by atoms with Crippen LogP contribution in [0.4, 0.5) is 0 Å². The van der Waals surface area contributed by atoms with Crippen LogP contribution in [0.3, 0.4) is 0 Å². The summed E-state index contributed by atoms with van der Waals surface area (Å²) >= 11 is 0. The summed E-state index contributed by atoms with van der Waals surface area (Å²) in [5.41, 5.74) is 0. The second-order valence-electron chi connectivity index (χ2n) is 6.86. The molecule has 1 aliphatic heterocycles. The molecule has 0 bridgehead atoms.